The van der Waals surface area contributed by atoms with Gasteiger partial charge >= 0.3 is 12.2 Å². The number of aliphatic hydroxyl groups excluding tert-OH is 1. The summed E-state index contributed by atoms with van der Waals surface area (Å²) in [5, 5.41) is 23.2. The number of rotatable bonds is 14. The van der Waals surface area contributed by atoms with Crippen LogP contribution in [0.3, 0.4) is 0 Å². The number of ether oxygens (including phenoxy) is 2. The van der Waals surface area contributed by atoms with Gasteiger partial charge in [0.1, 0.15) is 12.1 Å². The van der Waals surface area contributed by atoms with Gasteiger partial charge in [-0.05, 0) is 58.4 Å². The van der Waals surface area contributed by atoms with Crippen LogP contribution in [0.5, 0.6) is 0 Å². The van der Waals surface area contributed by atoms with E-state index in [1.807, 2.05) is 108 Å². The van der Waals surface area contributed by atoms with Gasteiger partial charge in [-0.3, -0.25) is 14.6 Å². The van der Waals surface area contributed by atoms with Gasteiger partial charge in [-0.15, -0.1) is 0 Å². The van der Waals surface area contributed by atoms with Crippen LogP contribution in [0.15, 0.2) is 79.1 Å². The number of amides is 4. The number of nitrogens with one attached hydrogen (secondary N) is 4. The van der Waals surface area contributed by atoms with Gasteiger partial charge in [0.15, 0.2) is 0 Å². The molecule has 0 radical (unpaired) electrons. The maximum absolute atomic E-state index is 13.8. The van der Waals surface area contributed by atoms with Crippen molar-refractivity contribution in [3.63, 3.8) is 0 Å². The van der Waals surface area contributed by atoms with E-state index in [2.05, 4.69) is 26.3 Å². The Hall–Kier alpha value is -4.97. The van der Waals surface area contributed by atoms with Crippen LogP contribution < -0.4 is 21.3 Å². The van der Waals surface area contributed by atoms with Gasteiger partial charge < -0.3 is 35.8 Å². The molecule has 12 nitrogen and oxygen atoms in total. The first-order valence-corrected chi connectivity index (χ1v) is 17.0. The molecule has 276 valence electrons. The quantitative estimate of drug-likeness (QED) is 0.160. The Kier molecular flexibility index (Phi) is 14.5. The molecule has 0 aliphatic heterocycles. The lowest BCUT2D eigenvalue weighted by Crippen LogP contribution is -2.59. The van der Waals surface area contributed by atoms with Crippen molar-refractivity contribution in [2.45, 2.75) is 91.1 Å². The van der Waals surface area contributed by atoms with E-state index in [0.29, 0.717) is 6.42 Å². The first-order chi connectivity index (χ1) is 24.0. The number of alkyl carbamates (subject to hydrolysis) is 2. The fourth-order valence-electron chi connectivity index (χ4n) is 5.71. The summed E-state index contributed by atoms with van der Waals surface area (Å²) in [5.41, 5.74) is 2.32. The van der Waals surface area contributed by atoms with E-state index in [1.54, 1.807) is 12.4 Å². The predicted octanol–water partition coefficient (Wildman–Crippen LogP) is 4.80. The molecule has 3 aromatic rings. The van der Waals surface area contributed by atoms with E-state index in [0.717, 1.165) is 22.3 Å². The second kappa shape index (κ2) is 18.3. The highest BCUT2D eigenvalue weighted by molar-refractivity contribution is 5.87. The van der Waals surface area contributed by atoms with Crippen molar-refractivity contribution in [1.82, 2.24) is 26.3 Å². The van der Waals surface area contributed by atoms with Crippen LogP contribution in [0, 0.1) is 10.8 Å². The number of hydrogen-bond donors (Lipinski definition) is 5. The van der Waals surface area contributed by atoms with Crippen LogP contribution in [0.4, 0.5) is 9.59 Å². The Morgan fingerprint density at radius 2 is 1.20 bits per heavy atom. The maximum atomic E-state index is 13.8. The minimum Gasteiger partial charge on any atom is -0.453 e. The summed E-state index contributed by atoms with van der Waals surface area (Å²) in [6.07, 6.45) is 1.50. The normalized spacial score (nSPS) is 14.5. The third-order valence-electron chi connectivity index (χ3n) is 8.55. The zero-order chi connectivity index (χ0) is 37.8. The Morgan fingerprint density at radius 3 is 1.69 bits per heavy atom. The molecule has 0 saturated heterocycles. The summed E-state index contributed by atoms with van der Waals surface area (Å²) >= 11 is 0. The molecule has 0 bridgehead atoms. The van der Waals surface area contributed by atoms with Crippen molar-refractivity contribution < 1.29 is 33.8 Å². The number of benzene rings is 2. The summed E-state index contributed by atoms with van der Waals surface area (Å²) < 4.78 is 9.56. The van der Waals surface area contributed by atoms with Crippen LogP contribution in [-0.2, 0) is 31.9 Å². The van der Waals surface area contributed by atoms with Gasteiger partial charge in [0.25, 0.3) is 0 Å². The molecular formula is C39H53N5O7. The predicted molar refractivity (Wildman–Crippen MR) is 196 cm³/mol. The summed E-state index contributed by atoms with van der Waals surface area (Å²) in [6, 6.07) is 17.8. The van der Waals surface area contributed by atoms with Crippen molar-refractivity contribution in [2.24, 2.45) is 10.8 Å². The highest BCUT2D eigenvalue weighted by atomic mass is 16.5. The highest BCUT2D eigenvalue weighted by Gasteiger charge is 2.37. The zero-order valence-corrected chi connectivity index (χ0v) is 30.9. The van der Waals surface area contributed by atoms with E-state index in [1.165, 1.54) is 14.2 Å². The molecule has 12 heteroatoms. The second-order valence-corrected chi connectivity index (χ2v) is 14.8. The largest absolute Gasteiger partial charge is 0.453 e. The topological polar surface area (TPSA) is 168 Å². The highest BCUT2D eigenvalue weighted by Crippen LogP contribution is 2.24. The molecule has 4 amide bonds. The van der Waals surface area contributed by atoms with Crippen molar-refractivity contribution >= 4 is 24.0 Å². The molecule has 5 N–H and O–H groups in total. The summed E-state index contributed by atoms with van der Waals surface area (Å²) in [5.74, 6) is -0.940. The number of pyridine rings is 1. The van der Waals surface area contributed by atoms with Gasteiger partial charge in [0.2, 0.25) is 11.8 Å². The SMILES string of the molecule is COC(=O)N[C@H](C(=O)N[C@@H](Cc1ccccc1)C[C@H](O)[C@H](Cc1ccc(-c2cccnc2)cc1)NC(=O)[C@@H](NC(=O)OC)C(C)(C)C)C(C)(C)C. The van der Waals surface area contributed by atoms with Gasteiger partial charge in [-0.1, -0.05) is 102 Å². The minimum absolute atomic E-state index is 0.0546. The zero-order valence-electron chi connectivity index (χ0n) is 30.9. The van der Waals surface area contributed by atoms with E-state index >= 15 is 0 Å². The van der Waals surface area contributed by atoms with Crippen LogP contribution in [0.2, 0.25) is 0 Å². The smallest absolute Gasteiger partial charge is 0.407 e. The third-order valence-corrected chi connectivity index (χ3v) is 8.55. The van der Waals surface area contributed by atoms with E-state index in [4.69, 9.17) is 9.47 Å². The van der Waals surface area contributed by atoms with Crippen molar-refractivity contribution in [3.05, 3.63) is 90.3 Å². The van der Waals surface area contributed by atoms with Gasteiger partial charge in [0.05, 0.1) is 26.4 Å². The Labute approximate surface area is 301 Å². The van der Waals surface area contributed by atoms with E-state index in [9.17, 15) is 24.3 Å². The molecule has 0 aliphatic carbocycles. The third kappa shape index (κ3) is 12.7. The van der Waals surface area contributed by atoms with Gasteiger partial charge in [-0.2, -0.15) is 0 Å². The number of aliphatic hydroxyl groups is 1. The second-order valence-electron chi connectivity index (χ2n) is 14.8. The van der Waals surface area contributed by atoms with Crippen LogP contribution in [0.25, 0.3) is 11.1 Å². The lowest BCUT2D eigenvalue weighted by Gasteiger charge is -2.34. The van der Waals surface area contributed by atoms with Crippen LogP contribution in [-0.4, -0.2) is 78.6 Å². The number of nitrogens with zero attached hydrogens (tertiary/aromatic N) is 1. The first-order valence-electron chi connectivity index (χ1n) is 17.0. The first kappa shape index (κ1) is 40.5. The molecule has 0 fully saturated rings. The molecule has 5 atom stereocenters. The van der Waals surface area contributed by atoms with Crippen molar-refractivity contribution in [1.29, 1.82) is 0 Å². The molecule has 0 unspecified atom stereocenters. The number of hydrogen-bond acceptors (Lipinski definition) is 8. The lowest BCUT2D eigenvalue weighted by atomic mass is 9.85. The van der Waals surface area contributed by atoms with Crippen molar-refractivity contribution in [2.75, 3.05) is 14.2 Å². The fraction of sp³-hybridized carbons (Fsp3) is 0.462. The monoisotopic (exact) mass is 703 g/mol. The van der Waals surface area contributed by atoms with E-state index in [-0.39, 0.29) is 12.8 Å². The molecule has 0 aliphatic rings. The fourth-order valence-corrected chi connectivity index (χ4v) is 5.71. The Bertz CT molecular complexity index is 1570. The average molecular weight is 704 g/mol. The molecule has 1 heterocycles. The van der Waals surface area contributed by atoms with Crippen molar-refractivity contribution in [3.8, 4) is 11.1 Å². The number of carbonyl (C=O) groups excluding carboxylic acids is 4. The number of aromatic nitrogens is 1. The molecular weight excluding hydrogens is 650 g/mol. The Balaban J connectivity index is 1.96. The van der Waals surface area contributed by atoms with E-state index < -0.39 is 65.1 Å². The molecule has 2 aromatic carbocycles. The van der Waals surface area contributed by atoms with Gasteiger partial charge in [0, 0.05) is 18.4 Å². The molecule has 51 heavy (non-hydrogen) atoms. The standard InChI is InChI=1S/C39H53N5O7/c1-38(2,3)32(43-36(48)50-7)34(46)41-29(21-25-13-10-9-11-14-25)23-31(45)30(42-35(47)33(39(4,5)6)44-37(49)51-8)22-26-16-18-27(19-17-26)28-15-12-20-40-24-28/h9-20,24,29-33,45H,21-23H2,1-8H3,(H,41,46)(H,42,47)(H,43,48)(H,44,49)/t29-,30-,31-,32+,33+/m0/s1. The molecule has 1 aromatic heterocycles. The molecule has 3 rings (SSSR count). The number of carbonyl (C=O) groups is 4. The maximum Gasteiger partial charge on any atom is 0.407 e. The summed E-state index contributed by atoms with van der Waals surface area (Å²) in [4.78, 5) is 56.2. The van der Waals surface area contributed by atoms with Crippen LogP contribution >= 0.6 is 0 Å². The van der Waals surface area contributed by atoms with Crippen LogP contribution in [0.1, 0.15) is 59.1 Å². The molecule has 0 saturated carbocycles. The Morgan fingerprint density at radius 1 is 0.667 bits per heavy atom. The molecule has 0 spiro atoms. The average Bonchev–Trinajstić information content (AvgIpc) is 3.08. The van der Waals surface area contributed by atoms with Gasteiger partial charge in [-0.25, -0.2) is 9.59 Å². The minimum atomic E-state index is -1.15. The summed E-state index contributed by atoms with van der Waals surface area (Å²) in [7, 11) is 2.45. The summed E-state index contributed by atoms with van der Waals surface area (Å²) in [6.45, 7) is 10.9. The lowest BCUT2D eigenvalue weighted by molar-refractivity contribution is -0.128. The number of methoxy groups -OCH3 is 2.